The fourth-order valence-corrected chi connectivity index (χ4v) is 1.65. The molecule has 0 saturated carbocycles. The first kappa shape index (κ1) is 14.4. The van der Waals surface area contributed by atoms with E-state index in [1.165, 1.54) is 29.5 Å². The van der Waals surface area contributed by atoms with Crippen LogP contribution in [-0.4, -0.2) is 0 Å². The first-order valence-electron chi connectivity index (χ1n) is 4.92. The van der Waals surface area contributed by atoms with Crippen LogP contribution in [0.5, 0.6) is 0 Å². The summed E-state index contributed by atoms with van der Waals surface area (Å²) in [6.45, 7) is 2.22. The molecule has 2 rings (SSSR count). The predicted molar refractivity (Wildman–Crippen MR) is 80.8 cm³/mol. The molecule has 0 unspecified atom stereocenters. The Kier molecular flexibility index (Phi) is 8.05. The Morgan fingerprint density at radius 3 is 2.27 bits per heavy atom. The Morgan fingerprint density at radius 2 is 1.73 bits per heavy atom. The van der Waals surface area contributed by atoms with Crippen molar-refractivity contribution < 1.29 is 14.9 Å². The minimum absolute atomic E-state index is 0.170. The summed E-state index contributed by atoms with van der Waals surface area (Å²) in [6, 6.07) is 8.54. The Morgan fingerprint density at radius 1 is 1.13 bits per heavy atom. The van der Waals surface area contributed by atoms with Crippen molar-refractivity contribution in [2.75, 3.05) is 0 Å². The van der Waals surface area contributed by atoms with Crippen LogP contribution in [0.1, 0.15) is 30.9 Å². The molecule has 0 atom stereocenters. The van der Waals surface area contributed by atoms with Crippen molar-refractivity contribution in [3.63, 3.8) is 0 Å². The van der Waals surface area contributed by atoms with Gasteiger partial charge in [-0.3, -0.25) is 0 Å². The van der Waals surface area contributed by atoms with E-state index in [4.69, 9.17) is 0 Å². The summed E-state index contributed by atoms with van der Waals surface area (Å²) in [4.78, 5) is 0. The molecule has 1 aliphatic carbocycles. The van der Waals surface area contributed by atoms with Crippen LogP contribution in [0.4, 0.5) is 0 Å². The number of fused-ring (bicyclic) bond motifs is 1. The van der Waals surface area contributed by atoms with Gasteiger partial charge in [0.1, 0.15) is 0 Å². The van der Waals surface area contributed by atoms with E-state index in [2.05, 4.69) is 79.8 Å². The fourth-order valence-electron chi connectivity index (χ4n) is 1.65. The van der Waals surface area contributed by atoms with Gasteiger partial charge in [-0.15, -0.1) is 0 Å². The zero-order valence-corrected chi connectivity index (χ0v) is 15.4. The molecule has 0 fully saturated rings. The number of benzene rings is 1. The van der Waals surface area contributed by atoms with Crippen molar-refractivity contribution in [3.05, 3.63) is 47.4 Å². The summed E-state index contributed by atoms with van der Waals surface area (Å²) in [5.74, 6) is 0. The van der Waals surface area contributed by atoms with E-state index < -0.39 is 0 Å². The van der Waals surface area contributed by atoms with E-state index in [1.54, 1.807) is 0 Å². The first-order valence-corrected chi connectivity index (χ1v) is 19.5. The second kappa shape index (κ2) is 8.40. The molecule has 1 aromatic carbocycles. The molecule has 0 aromatic heterocycles. The summed E-state index contributed by atoms with van der Waals surface area (Å²) >= 11 is 5.06. The van der Waals surface area contributed by atoms with Crippen LogP contribution in [0.2, 0.25) is 0 Å². The van der Waals surface area contributed by atoms with Crippen LogP contribution in [0.25, 0.3) is 6.08 Å². The van der Waals surface area contributed by atoms with Crippen LogP contribution < -0.4 is 0 Å². The standard InChI is InChI=1S/C12H13.2HI.Zr/c1-2-5-10-8-11-6-3-4-7-12(11)9-10;;;/h3-4,6-9H,2,5H2,1H3;2*1H;/q;;;+2/p-2. The Balaban J connectivity index is 0.000000337. The summed E-state index contributed by atoms with van der Waals surface area (Å²) < 4.78 is 0. The van der Waals surface area contributed by atoms with Gasteiger partial charge in [-0.05, 0) is 17.5 Å². The van der Waals surface area contributed by atoms with Crippen LogP contribution in [0.15, 0.2) is 29.8 Å². The average molecular weight is 502 g/mol. The number of halogens is 2. The molecule has 0 saturated heterocycles. The summed E-state index contributed by atoms with van der Waals surface area (Å²) in [5.41, 5.74) is 4.22. The molecule has 15 heavy (non-hydrogen) atoms. The SMILES string of the molecule is CCCC1=Cc2ccccc2[CH]1.[I][Zr][I]. The second-order valence-corrected chi connectivity index (χ2v) is 22.3. The van der Waals surface area contributed by atoms with Crippen molar-refractivity contribution >= 4 is 42.2 Å². The molecule has 0 aliphatic heterocycles. The molecular formula is C12H13I2Zr. The molecule has 0 amide bonds. The Labute approximate surface area is 122 Å². The molecule has 0 nitrogen and oxygen atoms in total. The minimum atomic E-state index is 0.170. The van der Waals surface area contributed by atoms with E-state index in [0.717, 1.165) is 0 Å². The van der Waals surface area contributed by atoms with Gasteiger partial charge in [0.25, 0.3) is 0 Å². The van der Waals surface area contributed by atoms with E-state index in [1.807, 2.05) is 0 Å². The normalized spacial score (nSPS) is 12.3. The van der Waals surface area contributed by atoms with Crippen molar-refractivity contribution in [1.82, 2.24) is 0 Å². The van der Waals surface area contributed by atoms with Crippen LogP contribution in [0, 0.1) is 6.42 Å². The predicted octanol–water partition coefficient (Wildman–Crippen LogP) is 5.20. The van der Waals surface area contributed by atoms with Crippen molar-refractivity contribution in [2.45, 2.75) is 19.8 Å². The van der Waals surface area contributed by atoms with E-state index in [9.17, 15) is 0 Å². The van der Waals surface area contributed by atoms with Crippen molar-refractivity contribution in [1.29, 1.82) is 0 Å². The maximum atomic E-state index is 2.45. The molecule has 1 aliphatic rings. The molecule has 0 bridgehead atoms. The first-order chi connectivity index (χ1) is 7.31. The second-order valence-electron chi connectivity index (χ2n) is 3.31. The van der Waals surface area contributed by atoms with E-state index in [-0.39, 0.29) is 14.9 Å². The Bertz CT molecular complexity index is 334. The molecule has 3 heteroatoms. The molecule has 79 valence electrons. The molecule has 0 N–H and O–H groups in total. The molecule has 1 radical (unpaired) electrons. The summed E-state index contributed by atoms with van der Waals surface area (Å²) in [6.07, 6.45) is 7.02. The molecular weight excluding hydrogens is 489 g/mol. The molecule has 1 aromatic rings. The van der Waals surface area contributed by atoms with Gasteiger partial charge in [0, 0.05) is 6.42 Å². The number of hydrogen-bond donors (Lipinski definition) is 0. The van der Waals surface area contributed by atoms with Gasteiger partial charge in [-0.25, -0.2) is 0 Å². The van der Waals surface area contributed by atoms with Gasteiger partial charge in [0.05, 0.1) is 0 Å². The fraction of sp³-hybridized carbons (Fsp3) is 0.250. The van der Waals surface area contributed by atoms with Gasteiger partial charge in [-0.1, -0.05) is 49.3 Å². The third-order valence-corrected chi connectivity index (χ3v) is 2.22. The zero-order valence-electron chi connectivity index (χ0n) is 8.63. The average Bonchev–Trinajstić information content (AvgIpc) is 2.61. The topological polar surface area (TPSA) is 0 Å². The van der Waals surface area contributed by atoms with E-state index >= 15 is 0 Å². The van der Waals surface area contributed by atoms with Crippen LogP contribution >= 0.6 is 36.1 Å². The number of allylic oxidation sites excluding steroid dienone is 1. The van der Waals surface area contributed by atoms with Crippen molar-refractivity contribution in [3.8, 4) is 0 Å². The third kappa shape index (κ3) is 4.99. The summed E-state index contributed by atoms with van der Waals surface area (Å²) in [7, 11) is 0. The van der Waals surface area contributed by atoms with Gasteiger partial charge >= 0.3 is 50.9 Å². The van der Waals surface area contributed by atoms with E-state index in [0.29, 0.717) is 0 Å². The Hall–Kier alpha value is 1.30. The monoisotopic (exact) mass is 501 g/mol. The summed E-state index contributed by atoms with van der Waals surface area (Å²) in [5, 5.41) is 0. The molecule has 0 heterocycles. The van der Waals surface area contributed by atoms with Gasteiger partial charge in [0.2, 0.25) is 0 Å². The number of hydrogen-bond acceptors (Lipinski definition) is 0. The van der Waals surface area contributed by atoms with Crippen molar-refractivity contribution in [2.24, 2.45) is 0 Å². The van der Waals surface area contributed by atoms with Gasteiger partial charge in [0.15, 0.2) is 0 Å². The van der Waals surface area contributed by atoms with Crippen LogP contribution in [-0.2, 0) is 14.9 Å². The molecule has 0 spiro atoms. The maximum absolute atomic E-state index is 2.45. The zero-order chi connectivity index (χ0) is 11.1. The van der Waals surface area contributed by atoms with Gasteiger partial charge < -0.3 is 0 Å². The van der Waals surface area contributed by atoms with Gasteiger partial charge in [-0.2, -0.15) is 0 Å². The third-order valence-electron chi connectivity index (χ3n) is 2.22. The number of rotatable bonds is 2. The quantitative estimate of drug-likeness (QED) is 0.488. The van der Waals surface area contributed by atoms with Crippen LogP contribution in [0.3, 0.4) is 0 Å².